The van der Waals surface area contributed by atoms with Crippen molar-refractivity contribution in [2.24, 2.45) is 0 Å². The van der Waals surface area contributed by atoms with E-state index in [1.165, 1.54) is 0 Å². The molecule has 0 amide bonds. The maximum atomic E-state index is 4.18. The Morgan fingerprint density at radius 1 is 1.75 bits per heavy atom. The standard InChI is InChI=1S/C5H8N2S/c1-5(8)7-3-2-6-4-7/h2-5,8H,1H3. The van der Waals surface area contributed by atoms with E-state index in [2.05, 4.69) is 17.6 Å². The summed E-state index contributed by atoms with van der Waals surface area (Å²) in [6, 6.07) is 0. The fourth-order valence-electron chi connectivity index (χ4n) is 0.490. The molecule has 0 spiro atoms. The Morgan fingerprint density at radius 3 is 2.75 bits per heavy atom. The number of aromatic nitrogens is 2. The second-order valence-electron chi connectivity index (χ2n) is 1.64. The number of hydrogen-bond acceptors (Lipinski definition) is 2. The van der Waals surface area contributed by atoms with Crippen LogP contribution in [0.25, 0.3) is 0 Å². The maximum absolute atomic E-state index is 4.18. The molecule has 2 nitrogen and oxygen atoms in total. The fourth-order valence-corrected chi connectivity index (χ4v) is 0.627. The molecular weight excluding hydrogens is 120 g/mol. The lowest BCUT2D eigenvalue weighted by molar-refractivity contribution is 0.744. The smallest absolute Gasteiger partial charge is 0.0955 e. The average Bonchev–Trinajstić information content (AvgIpc) is 2.12. The summed E-state index contributed by atoms with van der Waals surface area (Å²) in [5, 5.41) is 0.234. The van der Waals surface area contributed by atoms with Crippen LogP contribution in [0, 0.1) is 0 Å². The second kappa shape index (κ2) is 2.22. The van der Waals surface area contributed by atoms with Crippen LogP contribution >= 0.6 is 12.6 Å². The summed E-state index contributed by atoms with van der Waals surface area (Å²) in [5.74, 6) is 0. The third kappa shape index (κ3) is 1.04. The SMILES string of the molecule is CC(S)n1ccnc1. The molecule has 0 saturated heterocycles. The van der Waals surface area contributed by atoms with Gasteiger partial charge in [-0.3, -0.25) is 0 Å². The van der Waals surface area contributed by atoms with E-state index in [1.807, 2.05) is 17.7 Å². The van der Waals surface area contributed by atoms with Crippen LogP contribution in [0.1, 0.15) is 12.3 Å². The van der Waals surface area contributed by atoms with Gasteiger partial charge in [-0.05, 0) is 6.92 Å². The molecule has 0 aromatic carbocycles. The Bertz CT molecular complexity index is 145. The zero-order valence-electron chi connectivity index (χ0n) is 4.65. The summed E-state index contributed by atoms with van der Waals surface area (Å²) in [7, 11) is 0. The van der Waals surface area contributed by atoms with Gasteiger partial charge in [-0.25, -0.2) is 4.98 Å². The monoisotopic (exact) mass is 128 g/mol. The Labute approximate surface area is 54.0 Å². The highest BCUT2D eigenvalue weighted by atomic mass is 32.1. The summed E-state index contributed by atoms with van der Waals surface area (Å²) in [4.78, 5) is 3.86. The quantitative estimate of drug-likeness (QED) is 0.565. The topological polar surface area (TPSA) is 17.8 Å². The van der Waals surface area contributed by atoms with Crippen LogP contribution in [-0.2, 0) is 0 Å². The lowest BCUT2D eigenvalue weighted by Crippen LogP contribution is -1.92. The molecule has 0 aliphatic carbocycles. The molecule has 0 saturated carbocycles. The predicted molar refractivity (Wildman–Crippen MR) is 35.9 cm³/mol. The van der Waals surface area contributed by atoms with E-state index in [0.717, 1.165) is 0 Å². The summed E-state index contributed by atoms with van der Waals surface area (Å²) in [6.45, 7) is 1.99. The van der Waals surface area contributed by atoms with E-state index < -0.39 is 0 Å². The van der Waals surface area contributed by atoms with Gasteiger partial charge in [0.1, 0.15) is 0 Å². The van der Waals surface area contributed by atoms with Crippen LogP contribution in [0.15, 0.2) is 18.7 Å². The van der Waals surface area contributed by atoms with Crippen LogP contribution in [0.5, 0.6) is 0 Å². The van der Waals surface area contributed by atoms with Crippen LogP contribution in [-0.4, -0.2) is 9.55 Å². The van der Waals surface area contributed by atoms with Gasteiger partial charge in [-0.15, -0.1) is 0 Å². The van der Waals surface area contributed by atoms with Gasteiger partial charge in [-0.1, -0.05) is 0 Å². The maximum Gasteiger partial charge on any atom is 0.0955 e. The lowest BCUT2D eigenvalue weighted by atomic mass is 10.7. The first kappa shape index (κ1) is 5.69. The van der Waals surface area contributed by atoms with Crippen molar-refractivity contribution in [1.82, 2.24) is 9.55 Å². The van der Waals surface area contributed by atoms with Gasteiger partial charge in [0.2, 0.25) is 0 Å². The lowest BCUT2D eigenvalue weighted by Gasteiger charge is -2.01. The largest absolute Gasteiger partial charge is 0.326 e. The van der Waals surface area contributed by atoms with Crippen molar-refractivity contribution >= 4 is 12.6 Å². The van der Waals surface area contributed by atoms with Gasteiger partial charge < -0.3 is 4.57 Å². The summed E-state index contributed by atoms with van der Waals surface area (Å²) < 4.78 is 1.92. The highest BCUT2D eigenvalue weighted by Gasteiger charge is 1.91. The van der Waals surface area contributed by atoms with Crippen molar-refractivity contribution in [2.75, 3.05) is 0 Å². The van der Waals surface area contributed by atoms with Crippen molar-refractivity contribution in [3.8, 4) is 0 Å². The van der Waals surface area contributed by atoms with E-state index in [1.54, 1.807) is 12.5 Å². The van der Waals surface area contributed by atoms with E-state index in [4.69, 9.17) is 0 Å². The molecule has 8 heavy (non-hydrogen) atoms. The van der Waals surface area contributed by atoms with Crippen LogP contribution in [0.3, 0.4) is 0 Å². The van der Waals surface area contributed by atoms with Gasteiger partial charge in [0, 0.05) is 12.4 Å². The first-order valence-electron chi connectivity index (χ1n) is 2.46. The molecule has 0 fully saturated rings. The fraction of sp³-hybridized carbons (Fsp3) is 0.400. The average molecular weight is 128 g/mol. The van der Waals surface area contributed by atoms with Gasteiger partial charge in [-0.2, -0.15) is 12.6 Å². The van der Waals surface area contributed by atoms with Crippen molar-refractivity contribution in [2.45, 2.75) is 12.3 Å². The zero-order chi connectivity index (χ0) is 5.98. The summed E-state index contributed by atoms with van der Waals surface area (Å²) >= 11 is 4.18. The number of imidazole rings is 1. The van der Waals surface area contributed by atoms with Crippen molar-refractivity contribution in [1.29, 1.82) is 0 Å². The first-order chi connectivity index (χ1) is 3.80. The van der Waals surface area contributed by atoms with E-state index in [-0.39, 0.29) is 5.37 Å². The molecule has 1 aromatic heterocycles. The second-order valence-corrected chi connectivity index (χ2v) is 2.39. The number of nitrogens with zero attached hydrogens (tertiary/aromatic N) is 2. The minimum atomic E-state index is 0.234. The van der Waals surface area contributed by atoms with Gasteiger partial charge in [0.05, 0.1) is 11.7 Å². The Kier molecular flexibility index (Phi) is 1.58. The molecule has 0 radical (unpaired) electrons. The third-order valence-corrected chi connectivity index (χ3v) is 1.22. The minimum Gasteiger partial charge on any atom is -0.326 e. The first-order valence-corrected chi connectivity index (χ1v) is 2.98. The highest BCUT2D eigenvalue weighted by molar-refractivity contribution is 7.80. The zero-order valence-corrected chi connectivity index (χ0v) is 5.55. The van der Waals surface area contributed by atoms with Crippen molar-refractivity contribution in [3.05, 3.63) is 18.7 Å². The summed E-state index contributed by atoms with van der Waals surface area (Å²) in [5.41, 5.74) is 0. The van der Waals surface area contributed by atoms with E-state index in [9.17, 15) is 0 Å². The molecule has 3 heteroatoms. The Morgan fingerprint density at radius 2 is 2.50 bits per heavy atom. The van der Waals surface area contributed by atoms with Crippen LogP contribution in [0.2, 0.25) is 0 Å². The molecule has 0 aliphatic rings. The van der Waals surface area contributed by atoms with Gasteiger partial charge in [0.25, 0.3) is 0 Å². The molecule has 0 bridgehead atoms. The van der Waals surface area contributed by atoms with Gasteiger partial charge >= 0.3 is 0 Å². The van der Waals surface area contributed by atoms with Crippen LogP contribution in [0.4, 0.5) is 0 Å². The van der Waals surface area contributed by atoms with Crippen molar-refractivity contribution < 1.29 is 0 Å². The highest BCUT2D eigenvalue weighted by Crippen LogP contribution is 2.06. The summed E-state index contributed by atoms with van der Waals surface area (Å²) in [6.07, 6.45) is 5.38. The molecule has 1 atom stereocenters. The van der Waals surface area contributed by atoms with Gasteiger partial charge in [0.15, 0.2) is 0 Å². The van der Waals surface area contributed by atoms with Crippen molar-refractivity contribution in [3.63, 3.8) is 0 Å². The molecule has 0 N–H and O–H groups in total. The molecule has 1 rings (SSSR count). The van der Waals surface area contributed by atoms with E-state index in [0.29, 0.717) is 0 Å². The normalized spacial score (nSPS) is 13.8. The van der Waals surface area contributed by atoms with E-state index >= 15 is 0 Å². The van der Waals surface area contributed by atoms with Crippen LogP contribution < -0.4 is 0 Å². The number of rotatable bonds is 1. The molecule has 0 aliphatic heterocycles. The third-order valence-electron chi connectivity index (χ3n) is 0.956. The number of thiol groups is 1. The predicted octanol–water partition coefficient (Wildman–Crippen LogP) is 1.33. The molecule has 1 unspecified atom stereocenters. The molecule has 1 aromatic rings. The Balaban J connectivity index is 2.77. The molecular formula is C5H8N2S. The number of hydrogen-bond donors (Lipinski definition) is 1. The molecule has 1 heterocycles. The molecule has 44 valence electrons. The minimum absolute atomic E-state index is 0.234. The Hall–Kier alpha value is -0.440.